The lowest BCUT2D eigenvalue weighted by atomic mass is 10.1. The number of phenolic OH excluding ortho intramolecular Hbond substituents is 1. The molecule has 0 saturated heterocycles. The van der Waals surface area contributed by atoms with Crippen molar-refractivity contribution in [2.45, 2.75) is 32.9 Å². The van der Waals surface area contributed by atoms with Crippen molar-refractivity contribution in [1.82, 2.24) is 10.6 Å². The third kappa shape index (κ3) is 3.96. The van der Waals surface area contributed by atoms with Gasteiger partial charge in [-0.05, 0) is 38.5 Å². The van der Waals surface area contributed by atoms with E-state index in [0.29, 0.717) is 6.54 Å². The van der Waals surface area contributed by atoms with Crippen LogP contribution < -0.4 is 10.6 Å². The van der Waals surface area contributed by atoms with E-state index in [0.717, 1.165) is 5.56 Å². The molecule has 0 fully saturated rings. The molecular formula is C14H20N2O4. The fourth-order valence-electron chi connectivity index (χ4n) is 1.74. The number of amides is 2. The molecule has 4 N–H and O–H groups in total. The van der Waals surface area contributed by atoms with Gasteiger partial charge in [-0.3, -0.25) is 9.59 Å². The monoisotopic (exact) mass is 280 g/mol. The van der Waals surface area contributed by atoms with Crippen LogP contribution in [0.2, 0.25) is 0 Å². The number of hydrogen-bond donors (Lipinski definition) is 4. The quantitative estimate of drug-likeness (QED) is 0.624. The predicted octanol–water partition coefficient (Wildman–Crippen LogP) is 0.316. The van der Waals surface area contributed by atoms with E-state index in [4.69, 9.17) is 0 Å². The van der Waals surface area contributed by atoms with E-state index in [1.165, 1.54) is 19.1 Å². The molecule has 6 nitrogen and oxygen atoms in total. The molecular weight excluding hydrogens is 260 g/mol. The molecule has 1 rings (SSSR count). The van der Waals surface area contributed by atoms with E-state index in [-0.39, 0.29) is 11.3 Å². The lowest BCUT2D eigenvalue weighted by Gasteiger charge is -2.20. The molecule has 0 spiro atoms. The summed E-state index contributed by atoms with van der Waals surface area (Å²) in [7, 11) is 0. The number of aliphatic hydroxyl groups excluding tert-OH is 1. The maximum atomic E-state index is 12.0. The molecule has 0 aliphatic carbocycles. The number of carbonyl (C=O) groups is 2. The zero-order chi connectivity index (χ0) is 15.3. The van der Waals surface area contributed by atoms with Crippen LogP contribution in [0, 0.1) is 6.92 Å². The van der Waals surface area contributed by atoms with Crippen molar-refractivity contribution in [2.24, 2.45) is 0 Å². The zero-order valence-electron chi connectivity index (χ0n) is 11.8. The highest BCUT2D eigenvalue weighted by molar-refractivity contribution is 5.99. The first-order valence-corrected chi connectivity index (χ1v) is 6.43. The number of likely N-dealkylation sites (N-methyl/N-ethyl adjacent to an activating group) is 1. The van der Waals surface area contributed by atoms with Crippen molar-refractivity contribution in [2.75, 3.05) is 6.54 Å². The molecule has 110 valence electrons. The van der Waals surface area contributed by atoms with Gasteiger partial charge in [0.1, 0.15) is 11.8 Å². The normalized spacial score (nSPS) is 13.4. The third-order valence-electron chi connectivity index (χ3n) is 2.80. The van der Waals surface area contributed by atoms with Gasteiger partial charge in [0.25, 0.3) is 5.91 Å². The summed E-state index contributed by atoms with van der Waals surface area (Å²) in [4.78, 5) is 23.8. The van der Waals surface area contributed by atoms with E-state index in [1.807, 2.05) is 0 Å². The highest BCUT2D eigenvalue weighted by atomic mass is 16.3. The standard InChI is InChI=1S/C14H20N2O4/c1-4-15-14(20)12(9(3)17)16-13(19)10-6-5-8(2)7-11(10)18/h5-7,9,12,17-18H,4H2,1-3H3,(H,15,20)(H,16,19)/t9-,12+/m1/s1. The second-order valence-electron chi connectivity index (χ2n) is 4.61. The molecule has 2 atom stereocenters. The molecule has 0 bridgehead atoms. The van der Waals surface area contributed by atoms with Gasteiger partial charge in [-0.25, -0.2) is 0 Å². The summed E-state index contributed by atoms with van der Waals surface area (Å²) in [6, 6.07) is 3.54. The van der Waals surface area contributed by atoms with Gasteiger partial charge in [0.15, 0.2) is 0 Å². The van der Waals surface area contributed by atoms with Crippen LogP contribution in [0.25, 0.3) is 0 Å². The number of hydrogen-bond acceptors (Lipinski definition) is 4. The average molecular weight is 280 g/mol. The number of benzene rings is 1. The Hall–Kier alpha value is -2.08. The fourth-order valence-corrected chi connectivity index (χ4v) is 1.74. The van der Waals surface area contributed by atoms with Crippen LogP contribution in [0.1, 0.15) is 29.8 Å². The van der Waals surface area contributed by atoms with E-state index in [1.54, 1.807) is 19.9 Å². The second kappa shape index (κ2) is 6.91. The first kappa shape index (κ1) is 16.0. The molecule has 0 unspecified atom stereocenters. The van der Waals surface area contributed by atoms with Gasteiger partial charge in [-0.1, -0.05) is 6.07 Å². The summed E-state index contributed by atoms with van der Waals surface area (Å²) >= 11 is 0. The average Bonchev–Trinajstić information content (AvgIpc) is 2.35. The molecule has 1 aromatic rings. The number of aromatic hydroxyl groups is 1. The largest absolute Gasteiger partial charge is 0.507 e. The minimum Gasteiger partial charge on any atom is -0.507 e. The molecule has 0 radical (unpaired) electrons. The lowest BCUT2D eigenvalue weighted by Crippen LogP contribution is -2.52. The number of aliphatic hydroxyl groups is 1. The smallest absolute Gasteiger partial charge is 0.255 e. The number of aryl methyl sites for hydroxylation is 1. The van der Waals surface area contributed by atoms with Gasteiger partial charge in [0, 0.05) is 6.54 Å². The summed E-state index contributed by atoms with van der Waals surface area (Å²) in [6.45, 7) is 5.34. The summed E-state index contributed by atoms with van der Waals surface area (Å²) in [5.41, 5.74) is 0.875. The number of carbonyl (C=O) groups excluding carboxylic acids is 2. The Morgan fingerprint density at radius 2 is 2.00 bits per heavy atom. The predicted molar refractivity (Wildman–Crippen MR) is 74.5 cm³/mol. The minimum atomic E-state index is -1.07. The third-order valence-corrected chi connectivity index (χ3v) is 2.80. The Morgan fingerprint density at radius 3 is 2.50 bits per heavy atom. The summed E-state index contributed by atoms with van der Waals surface area (Å²) in [5.74, 6) is -1.25. The molecule has 0 aliphatic heterocycles. The van der Waals surface area contributed by atoms with Gasteiger partial charge >= 0.3 is 0 Å². The molecule has 0 saturated carbocycles. The van der Waals surface area contributed by atoms with Crippen molar-refractivity contribution in [1.29, 1.82) is 0 Å². The Kier molecular flexibility index (Phi) is 5.52. The van der Waals surface area contributed by atoms with Crippen molar-refractivity contribution < 1.29 is 19.8 Å². The van der Waals surface area contributed by atoms with Crippen LogP contribution in [-0.2, 0) is 4.79 Å². The van der Waals surface area contributed by atoms with Crippen LogP contribution in [-0.4, -0.2) is 40.7 Å². The van der Waals surface area contributed by atoms with E-state index in [2.05, 4.69) is 10.6 Å². The zero-order valence-corrected chi connectivity index (χ0v) is 11.8. The first-order chi connectivity index (χ1) is 9.36. The number of rotatable bonds is 5. The Labute approximate surface area is 117 Å². The van der Waals surface area contributed by atoms with E-state index < -0.39 is 24.0 Å². The van der Waals surface area contributed by atoms with Crippen molar-refractivity contribution in [3.63, 3.8) is 0 Å². The molecule has 6 heteroatoms. The molecule has 20 heavy (non-hydrogen) atoms. The Morgan fingerprint density at radius 1 is 1.35 bits per heavy atom. The van der Waals surface area contributed by atoms with Crippen LogP contribution in [0.3, 0.4) is 0 Å². The topological polar surface area (TPSA) is 98.7 Å². The summed E-state index contributed by atoms with van der Waals surface area (Å²) in [5, 5.41) is 24.3. The van der Waals surface area contributed by atoms with Gasteiger partial charge < -0.3 is 20.8 Å². The lowest BCUT2D eigenvalue weighted by molar-refractivity contribution is -0.125. The van der Waals surface area contributed by atoms with E-state index >= 15 is 0 Å². The number of phenols is 1. The molecule has 0 heterocycles. The maximum absolute atomic E-state index is 12.0. The van der Waals surface area contributed by atoms with Gasteiger partial charge in [-0.15, -0.1) is 0 Å². The van der Waals surface area contributed by atoms with Crippen molar-refractivity contribution in [3.8, 4) is 5.75 Å². The van der Waals surface area contributed by atoms with Gasteiger partial charge in [0.05, 0.1) is 11.7 Å². The summed E-state index contributed by atoms with van der Waals surface area (Å²) < 4.78 is 0. The fraction of sp³-hybridized carbons (Fsp3) is 0.429. The van der Waals surface area contributed by atoms with Crippen LogP contribution in [0.15, 0.2) is 18.2 Å². The molecule has 0 aliphatic rings. The van der Waals surface area contributed by atoms with Gasteiger partial charge in [-0.2, -0.15) is 0 Å². The molecule has 2 amide bonds. The van der Waals surface area contributed by atoms with Crippen molar-refractivity contribution in [3.05, 3.63) is 29.3 Å². The molecule has 0 aromatic heterocycles. The van der Waals surface area contributed by atoms with Crippen LogP contribution in [0.5, 0.6) is 5.75 Å². The Bertz CT molecular complexity index is 500. The van der Waals surface area contributed by atoms with Crippen LogP contribution in [0.4, 0.5) is 0 Å². The maximum Gasteiger partial charge on any atom is 0.255 e. The molecule has 1 aromatic carbocycles. The number of nitrogens with one attached hydrogen (secondary N) is 2. The second-order valence-corrected chi connectivity index (χ2v) is 4.61. The first-order valence-electron chi connectivity index (χ1n) is 6.43. The van der Waals surface area contributed by atoms with Crippen LogP contribution >= 0.6 is 0 Å². The van der Waals surface area contributed by atoms with E-state index in [9.17, 15) is 19.8 Å². The van der Waals surface area contributed by atoms with Gasteiger partial charge in [0.2, 0.25) is 5.91 Å². The highest BCUT2D eigenvalue weighted by Gasteiger charge is 2.26. The Balaban J connectivity index is 2.88. The summed E-state index contributed by atoms with van der Waals surface area (Å²) in [6.07, 6.45) is -1.04. The van der Waals surface area contributed by atoms with Crippen molar-refractivity contribution >= 4 is 11.8 Å². The SMILES string of the molecule is CCNC(=O)[C@@H](NC(=O)c1ccc(C)cc1O)[C@@H](C)O. The highest BCUT2D eigenvalue weighted by Crippen LogP contribution is 2.18. The minimum absolute atomic E-state index is 0.0607.